The Labute approximate surface area is 203 Å². The highest BCUT2D eigenvalue weighted by molar-refractivity contribution is 5.98. The van der Waals surface area contributed by atoms with Gasteiger partial charge in [0.2, 0.25) is 5.91 Å². The summed E-state index contributed by atoms with van der Waals surface area (Å²) in [4.78, 5) is 29.9. The van der Waals surface area contributed by atoms with Crippen LogP contribution in [0.4, 0.5) is 4.39 Å². The summed E-state index contributed by atoms with van der Waals surface area (Å²) < 4.78 is 17.1. The second kappa shape index (κ2) is 11.7. The maximum atomic E-state index is 15.5. The third-order valence-corrected chi connectivity index (χ3v) is 6.23. The van der Waals surface area contributed by atoms with Crippen molar-refractivity contribution in [1.82, 2.24) is 30.2 Å². The number of nitrogens with one attached hydrogen (secondary N) is 2. The van der Waals surface area contributed by atoms with Crippen molar-refractivity contribution >= 4 is 28.3 Å². The maximum Gasteiger partial charge on any atom is 0.267 e. The standard InChI is InChI=1S/C25H31FN6O3/c26-23-20(19-6-5-12-31(17-19)22(34)9-13-32-14-11-28-30-32)8-7-18-16-21(29-24(18)23)25(35)27-10-3-1-2-4-15-33/h6-8,11,14,16,29,33H,1-5,9-10,12-13,15,17H2,(H,27,35). The molecule has 1 aliphatic rings. The summed E-state index contributed by atoms with van der Waals surface area (Å²) in [7, 11) is 0. The number of amides is 2. The highest BCUT2D eigenvalue weighted by atomic mass is 19.1. The van der Waals surface area contributed by atoms with Crippen LogP contribution < -0.4 is 5.32 Å². The Morgan fingerprint density at radius 3 is 2.86 bits per heavy atom. The first-order valence-corrected chi connectivity index (χ1v) is 12.1. The lowest BCUT2D eigenvalue weighted by atomic mass is 9.99. The molecule has 0 fully saturated rings. The minimum atomic E-state index is -0.422. The zero-order chi connectivity index (χ0) is 24.6. The molecule has 0 spiro atoms. The quantitative estimate of drug-likeness (QED) is 0.364. The number of hydrogen-bond donors (Lipinski definition) is 3. The van der Waals surface area contributed by atoms with E-state index < -0.39 is 5.82 Å². The molecule has 0 radical (unpaired) electrons. The van der Waals surface area contributed by atoms with E-state index in [9.17, 15) is 9.59 Å². The Hall–Kier alpha value is -3.53. The summed E-state index contributed by atoms with van der Waals surface area (Å²) in [6.07, 6.45) is 9.65. The average Bonchev–Trinajstić information content (AvgIpc) is 3.55. The molecule has 1 aromatic carbocycles. The van der Waals surface area contributed by atoms with Crippen LogP contribution >= 0.6 is 0 Å². The zero-order valence-electron chi connectivity index (χ0n) is 19.7. The summed E-state index contributed by atoms with van der Waals surface area (Å²) >= 11 is 0. The first kappa shape index (κ1) is 24.6. The molecule has 2 aromatic heterocycles. The second-order valence-corrected chi connectivity index (χ2v) is 8.72. The number of aromatic nitrogens is 4. The Morgan fingerprint density at radius 1 is 1.20 bits per heavy atom. The fraction of sp³-hybridized carbons (Fsp3) is 0.440. The lowest BCUT2D eigenvalue weighted by Crippen LogP contribution is -2.36. The van der Waals surface area contributed by atoms with Crippen LogP contribution in [0, 0.1) is 5.82 Å². The van der Waals surface area contributed by atoms with Gasteiger partial charge in [-0.1, -0.05) is 36.3 Å². The third kappa shape index (κ3) is 6.13. The van der Waals surface area contributed by atoms with Crippen LogP contribution in [0.5, 0.6) is 0 Å². The number of aromatic amines is 1. The monoisotopic (exact) mass is 482 g/mol. The Morgan fingerprint density at radius 2 is 2.06 bits per heavy atom. The van der Waals surface area contributed by atoms with Crippen molar-refractivity contribution in [1.29, 1.82) is 0 Å². The van der Waals surface area contributed by atoms with Crippen LogP contribution in [0.15, 0.2) is 36.7 Å². The Bertz CT molecular complexity index is 1190. The number of rotatable bonds is 11. The zero-order valence-corrected chi connectivity index (χ0v) is 19.7. The van der Waals surface area contributed by atoms with Gasteiger partial charge in [-0.3, -0.25) is 14.3 Å². The summed E-state index contributed by atoms with van der Waals surface area (Å²) in [6.45, 7) is 2.09. The predicted octanol–water partition coefficient (Wildman–Crippen LogP) is 2.89. The summed E-state index contributed by atoms with van der Waals surface area (Å²) in [5, 5.41) is 19.9. The maximum absolute atomic E-state index is 15.5. The van der Waals surface area contributed by atoms with Gasteiger partial charge in [-0.15, -0.1) is 5.10 Å². The van der Waals surface area contributed by atoms with Crippen LogP contribution in [0.1, 0.15) is 54.6 Å². The third-order valence-electron chi connectivity index (χ3n) is 6.23. The van der Waals surface area contributed by atoms with E-state index in [4.69, 9.17) is 5.11 Å². The van der Waals surface area contributed by atoms with Gasteiger partial charge in [0.1, 0.15) is 5.69 Å². The molecule has 186 valence electrons. The van der Waals surface area contributed by atoms with Crippen molar-refractivity contribution in [2.45, 2.75) is 45.1 Å². The van der Waals surface area contributed by atoms with E-state index in [0.717, 1.165) is 31.3 Å². The summed E-state index contributed by atoms with van der Waals surface area (Å²) in [5.74, 6) is -0.707. The van der Waals surface area contributed by atoms with Crippen LogP contribution in [-0.2, 0) is 11.3 Å². The van der Waals surface area contributed by atoms with Crippen molar-refractivity contribution in [3.63, 3.8) is 0 Å². The molecule has 3 N–H and O–H groups in total. The van der Waals surface area contributed by atoms with E-state index in [1.54, 1.807) is 40.2 Å². The summed E-state index contributed by atoms with van der Waals surface area (Å²) in [5.41, 5.74) is 1.79. The number of unbranched alkanes of at least 4 members (excludes halogenated alkanes) is 3. The fourth-order valence-corrected chi connectivity index (χ4v) is 4.29. The largest absolute Gasteiger partial charge is 0.396 e. The first-order chi connectivity index (χ1) is 17.1. The van der Waals surface area contributed by atoms with E-state index >= 15 is 4.39 Å². The molecule has 0 atom stereocenters. The van der Waals surface area contributed by atoms with E-state index in [1.807, 2.05) is 6.08 Å². The molecule has 1 aliphatic heterocycles. The van der Waals surface area contributed by atoms with Crippen molar-refractivity contribution in [2.24, 2.45) is 0 Å². The van der Waals surface area contributed by atoms with Gasteiger partial charge in [-0.25, -0.2) is 4.39 Å². The number of aliphatic hydroxyl groups is 1. The molecule has 0 aliphatic carbocycles. The Balaban J connectivity index is 1.39. The van der Waals surface area contributed by atoms with Gasteiger partial charge in [0.25, 0.3) is 5.91 Å². The van der Waals surface area contributed by atoms with Gasteiger partial charge in [0.15, 0.2) is 5.82 Å². The van der Waals surface area contributed by atoms with Gasteiger partial charge in [-0.2, -0.15) is 0 Å². The number of fused-ring (bicyclic) bond motifs is 1. The predicted molar refractivity (Wildman–Crippen MR) is 130 cm³/mol. The SMILES string of the molecule is O=C(NCCCCCCO)c1cc2ccc(C3=CCCN(C(=O)CCn4ccnn4)C3)c(F)c2[nH]1. The number of halogens is 1. The smallest absolute Gasteiger partial charge is 0.267 e. The van der Waals surface area contributed by atoms with Gasteiger partial charge < -0.3 is 20.3 Å². The van der Waals surface area contributed by atoms with Gasteiger partial charge in [0, 0.05) is 49.8 Å². The van der Waals surface area contributed by atoms with E-state index in [2.05, 4.69) is 20.6 Å². The molecule has 4 rings (SSSR count). The Kier molecular flexibility index (Phi) is 8.25. The number of benzene rings is 1. The molecular weight excluding hydrogens is 451 g/mol. The molecule has 0 saturated carbocycles. The number of carbonyl (C=O) groups is 2. The van der Waals surface area contributed by atoms with Crippen LogP contribution in [-0.4, -0.2) is 68.0 Å². The number of aryl methyl sites for hydroxylation is 1. The minimum absolute atomic E-state index is 0.0113. The first-order valence-electron chi connectivity index (χ1n) is 12.1. The summed E-state index contributed by atoms with van der Waals surface area (Å²) in [6, 6.07) is 5.16. The number of aliphatic hydroxyl groups excluding tert-OH is 1. The number of carbonyl (C=O) groups excluding carboxylic acids is 2. The molecule has 3 heterocycles. The van der Waals surface area contributed by atoms with Gasteiger partial charge in [0.05, 0.1) is 18.3 Å². The number of nitrogens with zero attached hydrogens (tertiary/aromatic N) is 4. The fourth-order valence-electron chi connectivity index (χ4n) is 4.29. The molecule has 35 heavy (non-hydrogen) atoms. The molecule has 0 unspecified atom stereocenters. The normalized spacial score (nSPS) is 13.8. The topological polar surface area (TPSA) is 116 Å². The van der Waals surface area contributed by atoms with Crippen molar-refractivity contribution in [2.75, 3.05) is 26.2 Å². The van der Waals surface area contributed by atoms with Crippen LogP contribution in [0.25, 0.3) is 16.5 Å². The molecule has 9 nitrogen and oxygen atoms in total. The van der Waals surface area contributed by atoms with Crippen molar-refractivity contribution in [3.05, 3.63) is 53.7 Å². The average molecular weight is 483 g/mol. The van der Waals surface area contributed by atoms with E-state index in [-0.39, 0.29) is 23.9 Å². The van der Waals surface area contributed by atoms with Crippen molar-refractivity contribution in [3.8, 4) is 0 Å². The minimum Gasteiger partial charge on any atom is -0.396 e. The molecular formula is C25H31FN6O3. The number of hydrogen-bond acceptors (Lipinski definition) is 5. The highest BCUT2D eigenvalue weighted by Crippen LogP contribution is 2.29. The lowest BCUT2D eigenvalue weighted by molar-refractivity contribution is -0.131. The second-order valence-electron chi connectivity index (χ2n) is 8.72. The lowest BCUT2D eigenvalue weighted by Gasteiger charge is -2.28. The highest BCUT2D eigenvalue weighted by Gasteiger charge is 2.22. The number of H-pyrrole nitrogens is 1. The molecule has 0 saturated heterocycles. The van der Waals surface area contributed by atoms with Gasteiger partial charge >= 0.3 is 0 Å². The van der Waals surface area contributed by atoms with Gasteiger partial charge in [-0.05, 0) is 30.9 Å². The molecule has 3 aromatic rings. The molecule has 2 amide bonds. The van der Waals surface area contributed by atoms with E-state index in [0.29, 0.717) is 55.7 Å². The van der Waals surface area contributed by atoms with Crippen molar-refractivity contribution < 1.29 is 19.1 Å². The molecule has 0 bridgehead atoms. The van der Waals surface area contributed by atoms with Crippen LogP contribution in [0.2, 0.25) is 0 Å². The molecule has 10 heteroatoms. The van der Waals surface area contributed by atoms with E-state index in [1.165, 1.54) is 0 Å². The van der Waals surface area contributed by atoms with Crippen LogP contribution in [0.3, 0.4) is 0 Å².